The highest BCUT2D eigenvalue weighted by Gasteiger charge is 2.56. The molecule has 2 aromatic rings. The number of guanidine groups is 1. The number of hydrogen-bond acceptors (Lipinski definition) is 8. The number of furan rings is 1. The second kappa shape index (κ2) is 8.36. The summed E-state index contributed by atoms with van der Waals surface area (Å²) >= 11 is 0. The van der Waals surface area contributed by atoms with Crippen LogP contribution >= 0.6 is 0 Å². The maximum absolute atomic E-state index is 13.5. The van der Waals surface area contributed by atoms with Gasteiger partial charge in [0.25, 0.3) is 5.91 Å². The van der Waals surface area contributed by atoms with Gasteiger partial charge in [0.2, 0.25) is 5.96 Å². The van der Waals surface area contributed by atoms with Gasteiger partial charge in [-0.25, -0.2) is 9.79 Å². The summed E-state index contributed by atoms with van der Waals surface area (Å²) in [4.78, 5) is 49.9. The number of benzene rings is 1. The van der Waals surface area contributed by atoms with Crippen molar-refractivity contribution in [3.63, 3.8) is 0 Å². The van der Waals surface area contributed by atoms with E-state index in [0.29, 0.717) is 12.5 Å². The predicted octanol–water partition coefficient (Wildman–Crippen LogP) is 2.35. The minimum atomic E-state index is -0.754. The van der Waals surface area contributed by atoms with Crippen LogP contribution in [0.1, 0.15) is 25.2 Å². The number of urea groups is 1. The van der Waals surface area contributed by atoms with Gasteiger partial charge >= 0.3 is 12.0 Å². The standard InChI is InChI=1S/C24H25N5O5/c1-15-16(2)29-20-21(25-23(29)27(15)12-18-10-7-11-33-18)26(3)24(32)28(22(20)31)13-19(30)34-14-17-8-5-4-6-9-17/h4-11,20-21H,12-14H2,1-3H3. The van der Waals surface area contributed by atoms with Crippen molar-refractivity contribution in [3.05, 3.63) is 71.4 Å². The average Bonchev–Trinajstić information content (AvgIpc) is 3.54. The first-order chi connectivity index (χ1) is 16.4. The van der Waals surface area contributed by atoms with E-state index in [0.717, 1.165) is 27.6 Å². The number of allylic oxidation sites excluding steroid dienone is 2. The van der Waals surface area contributed by atoms with Gasteiger partial charge in [-0.15, -0.1) is 0 Å². The molecule has 1 aromatic carbocycles. The molecule has 0 bridgehead atoms. The van der Waals surface area contributed by atoms with E-state index >= 15 is 0 Å². The van der Waals surface area contributed by atoms with E-state index in [-0.39, 0.29) is 6.61 Å². The predicted molar refractivity (Wildman–Crippen MR) is 121 cm³/mol. The second-order valence-electron chi connectivity index (χ2n) is 8.46. The van der Waals surface area contributed by atoms with Crippen LogP contribution in [0.3, 0.4) is 0 Å². The molecule has 1 aromatic heterocycles. The van der Waals surface area contributed by atoms with E-state index in [9.17, 15) is 14.4 Å². The van der Waals surface area contributed by atoms with Crippen LogP contribution in [-0.4, -0.2) is 69.3 Å². The first-order valence-corrected chi connectivity index (χ1v) is 11.0. The lowest BCUT2D eigenvalue weighted by Gasteiger charge is -2.40. The Morgan fingerprint density at radius 1 is 1.06 bits per heavy atom. The lowest BCUT2D eigenvalue weighted by molar-refractivity contribution is -0.151. The fourth-order valence-electron chi connectivity index (χ4n) is 4.49. The molecular formula is C24H25N5O5. The van der Waals surface area contributed by atoms with Crippen molar-refractivity contribution in [2.45, 2.75) is 39.2 Å². The Bertz CT molecular complexity index is 1190. The van der Waals surface area contributed by atoms with Gasteiger partial charge in [0.15, 0.2) is 12.2 Å². The molecule has 0 aliphatic carbocycles. The fourth-order valence-corrected chi connectivity index (χ4v) is 4.49. The van der Waals surface area contributed by atoms with Crippen molar-refractivity contribution in [1.29, 1.82) is 0 Å². The van der Waals surface area contributed by atoms with Gasteiger partial charge in [0.1, 0.15) is 18.9 Å². The number of likely N-dealkylation sites (N-methyl/N-ethyl adjacent to an activating group) is 1. The van der Waals surface area contributed by atoms with Crippen LogP contribution in [0, 0.1) is 0 Å². The Morgan fingerprint density at radius 3 is 2.53 bits per heavy atom. The maximum Gasteiger partial charge on any atom is 0.328 e. The zero-order valence-electron chi connectivity index (χ0n) is 19.2. The summed E-state index contributed by atoms with van der Waals surface area (Å²) in [7, 11) is 1.59. The molecule has 0 radical (unpaired) electrons. The number of imide groups is 1. The van der Waals surface area contributed by atoms with Crippen LogP contribution in [-0.2, 0) is 27.5 Å². The van der Waals surface area contributed by atoms with Crippen molar-refractivity contribution in [3.8, 4) is 0 Å². The zero-order chi connectivity index (χ0) is 24.0. The number of carbonyl (C=O) groups is 3. The zero-order valence-corrected chi connectivity index (χ0v) is 19.2. The Kier molecular flexibility index (Phi) is 5.35. The molecule has 0 saturated carbocycles. The van der Waals surface area contributed by atoms with Gasteiger partial charge in [-0.05, 0) is 31.5 Å². The first kappa shape index (κ1) is 21.7. The fraction of sp³-hybridized carbons (Fsp3) is 0.333. The molecule has 10 heteroatoms. The number of hydrogen-bond donors (Lipinski definition) is 0. The van der Waals surface area contributed by atoms with Gasteiger partial charge in [-0.2, -0.15) is 0 Å². The van der Waals surface area contributed by atoms with Crippen LogP contribution in [0.25, 0.3) is 0 Å². The molecule has 1 saturated heterocycles. The maximum atomic E-state index is 13.5. The minimum absolute atomic E-state index is 0.0694. The molecule has 3 amide bonds. The third kappa shape index (κ3) is 3.51. The Hall–Kier alpha value is -4.08. The van der Waals surface area contributed by atoms with Crippen molar-refractivity contribution in [2.75, 3.05) is 13.6 Å². The molecule has 1 fully saturated rings. The van der Waals surface area contributed by atoms with E-state index in [4.69, 9.17) is 14.1 Å². The molecule has 3 aliphatic rings. The second-order valence-corrected chi connectivity index (χ2v) is 8.46. The normalized spacial score (nSPS) is 21.8. The summed E-state index contributed by atoms with van der Waals surface area (Å²) in [6, 6.07) is 11.6. The molecule has 0 spiro atoms. The van der Waals surface area contributed by atoms with Crippen molar-refractivity contribution in [1.82, 2.24) is 19.6 Å². The van der Waals surface area contributed by atoms with Gasteiger partial charge in [-0.3, -0.25) is 19.4 Å². The smallest absolute Gasteiger partial charge is 0.328 e. The lowest BCUT2D eigenvalue weighted by atomic mass is 10.1. The molecule has 2 unspecified atom stereocenters. The van der Waals surface area contributed by atoms with Crippen LogP contribution in [0.15, 0.2) is 69.5 Å². The summed E-state index contributed by atoms with van der Waals surface area (Å²) < 4.78 is 10.8. The summed E-state index contributed by atoms with van der Waals surface area (Å²) in [6.45, 7) is 3.93. The molecule has 2 atom stereocenters. The largest absolute Gasteiger partial charge is 0.467 e. The molecule has 3 aliphatic heterocycles. The number of ether oxygens (including phenoxy) is 1. The summed E-state index contributed by atoms with van der Waals surface area (Å²) in [5.74, 6) is 0.212. The summed E-state index contributed by atoms with van der Waals surface area (Å²) in [5.41, 5.74) is 2.62. The first-order valence-electron chi connectivity index (χ1n) is 11.0. The van der Waals surface area contributed by atoms with E-state index in [1.54, 1.807) is 13.3 Å². The van der Waals surface area contributed by atoms with E-state index < -0.39 is 36.7 Å². The van der Waals surface area contributed by atoms with Crippen molar-refractivity contribution in [2.24, 2.45) is 4.99 Å². The van der Waals surface area contributed by atoms with E-state index in [1.807, 2.05) is 66.1 Å². The lowest BCUT2D eigenvalue weighted by Crippen LogP contribution is -2.65. The van der Waals surface area contributed by atoms with Crippen LogP contribution in [0.2, 0.25) is 0 Å². The highest BCUT2D eigenvalue weighted by Crippen LogP contribution is 2.38. The number of aliphatic imine (C=N–C) groups is 1. The quantitative estimate of drug-likeness (QED) is 0.607. The van der Waals surface area contributed by atoms with E-state index in [2.05, 4.69) is 0 Å². The summed E-state index contributed by atoms with van der Waals surface area (Å²) in [5, 5.41) is 0. The van der Waals surface area contributed by atoms with Gasteiger partial charge in [0.05, 0.1) is 12.8 Å². The van der Waals surface area contributed by atoms with Crippen molar-refractivity contribution < 1.29 is 23.5 Å². The Labute approximate surface area is 196 Å². The number of amides is 3. The van der Waals surface area contributed by atoms with Crippen LogP contribution in [0.4, 0.5) is 4.79 Å². The number of nitrogens with zero attached hydrogens (tertiary/aromatic N) is 5. The SMILES string of the molecule is CC1=C(C)N2C(=NC3C2C(=O)N(CC(=O)OCc2ccccc2)C(=O)N3C)N1Cc1ccco1. The van der Waals surface area contributed by atoms with Crippen LogP contribution < -0.4 is 0 Å². The number of esters is 1. The minimum Gasteiger partial charge on any atom is -0.467 e. The topological polar surface area (TPSA) is 98.9 Å². The highest BCUT2D eigenvalue weighted by atomic mass is 16.5. The van der Waals surface area contributed by atoms with E-state index in [1.165, 1.54) is 4.90 Å². The summed E-state index contributed by atoms with van der Waals surface area (Å²) in [6.07, 6.45) is 0.921. The highest BCUT2D eigenvalue weighted by molar-refractivity contribution is 6.06. The van der Waals surface area contributed by atoms with Crippen molar-refractivity contribution >= 4 is 23.9 Å². The van der Waals surface area contributed by atoms with Gasteiger partial charge in [0, 0.05) is 18.4 Å². The molecular weight excluding hydrogens is 438 g/mol. The molecule has 176 valence electrons. The Morgan fingerprint density at radius 2 is 1.82 bits per heavy atom. The molecule has 34 heavy (non-hydrogen) atoms. The monoisotopic (exact) mass is 463 g/mol. The number of carbonyl (C=O) groups excluding carboxylic acids is 3. The number of fused-ring (bicyclic) bond motifs is 3. The van der Waals surface area contributed by atoms with Crippen LogP contribution in [0.5, 0.6) is 0 Å². The van der Waals surface area contributed by atoms with Gasteiger partial charge in [-0.1, -0.05) is 30.3 Å². The number of rotatable bonds is 6. The molecule has 10 nitrogen and oxygen atoms in total. The molecule has 4 heterocycles. The Balaban J connectivity index is 1.34. The third-order valence-electron chi connectivity index (χ3n) is 6.43. The molecule has 5 rings (SSSR count). The third-order valence-corrected chi connectivity index (χ3v) is 6.43. The average molecular weight is 463 g/mol. The molecule has 0 N–H and O–H groups in total. The van der Waals surface area contributed by atoms with Gasteiger partial charge < -0.3 is 19.0 Å².